The topological polar surface area (TPSA) is 59.1 Å². The predicted molar refractivity (Wildman–Crippen MR) is 102 cm³/mol. The Balaban J connectivity index is 1.75. The molecule has 1 N–H and O–H groups in total. The van der Waals surface area contributed by atoms with Gasteiger partial charge < -0.3 is 5.32 Å². The lowest BCUT2D eigenvalue weighted by molar-refractivity contribution is -0.137. The molecule has 0 atom stereocenters. The van der Waals surface area contributed by atoms with Gasteiger partial charge in [0.1, 0.15) is 0 Å². The Morgan fingerprint density at radius 2 is 1.72 bits per heavy atom. The highest BCUT2D eigenvalue weighted by Crippen LogP contribution is 2.29. The number of nitrogens with zero attached hydrogens (tertiary/aromatic N) is 1. The quantitative estimate of drug-likeness (QED) is 0.622. The van der Waals surface area contributed by atoms with Crippen LogP contribution < -0.4 is 5.32 Å². The molecule has 2 aromatic carbocycles. The van der Waals surface area contributed by atoms with Crippen molar-refractivity contribution in [2.75, 3.05) is 0 Å². The summed E-state index contributed by atoms with van der Waals surface area (Å²) in [6.45, 7) is 1.42. The third-order valence-electron chi connectivity index (χ3n) is 4.29. The number of halogens is 3. The average Bonchev–Trinajstić information content (AvgIpc) is 2.72. The second-order valence-corrected chi connectivity index (χ2v) is 6.45. The number of hydrogen-bond donors (Lipinski definition) is 1. The average molecular weight is 398 g/mol. The molecule has 148 valence electrons. The van der Waals surface area contributed by atoms with E-state index in [9.17, 15) is 22.8 Å². The fraction of sp³-hybridized carbons (Fsp3) is 0.136. The van der Waals surface area contributed by atoms with Crippen LogP contribution in [0.3, 0.4) is 0 Å². The first-order valence-corrected chi connectivity index (χ1v) is 8.76. The maximum Gasteiger partial charge on any atom is 0.416 e. The molecule has 0 aliphatic carbocycles. The highest BCUT2D eigenvalue weighted by atomic mass is 19.4. The highest BCUT2D eigenvalue weighted by Gasteiger charge is 2.30. The number of pyridine rings is 1. The van der Waals surface area contributed by atoms with Crippen molar-refractivity contribution >= 4 is 11.7 Å². The van der Waals surface area contributed by atoms with Crippen LogP contribution >= 0.6 is 0 Å². The predicted octanol–water partition coefficient (Wildman–Crippen LogP) is 4.90. The molecular formula is C22H17F3N2O2. The van der Waals surface area contributed by atoms with Gasteiger partial charge in [0, 0.05) is 29.4 Å². The van der Waals surface area contributed by atoms with Gasteiger partial charge in [-0.1, -0.05) is 30.3 Å². The van der Waals surface area contributed by atoms with Crippen molar-refractivity contribution in [3.63, 3.8) is 0 Å². The Morgan fingerprint density at radius 3 is 2.45 bits per heavy atom. The van der Waals surface area contributed by atoms with E-state index in [1.54, 1.807) is 30.3 Å². The van der Waals surface area contributed by atoms with Crippen LogP contribution in [0.25, 0.3) is 11.3 Å². The Morgan fingerprint density at radius 1 is 0.966 bits per heavy atom. The van der Waals surface area contributed by atoms with E-state index >= 15 is 0 Å². The summed E-state index contributed by atoms with van der Waals surface area (Å²) < 4.78 is 38.4. The Hall–Kier alpha value is -3.48. The molecule has 0 aliphatic rings. The molecule has 0 radical (unpaired) electrons. The molecule has 0 aliphatic heterocycles. The van der Waals surface area contributed by atoms with E-state index in [2.05, 4.69) is 10.3 Å². The molecule has 7 heteroatoms. The normalized spacial score (nSPS) is 11.2. The maximum atomic E-state index is 12.8. The van der Waals surface area contributed by atoms with Gasteiger partial charge in [0.25, 0.3) is 5.91 Å². The van der Waals surface area contributed by atoms with E-state index in [1.807, 2.05) is 0 Å². The number of rotatable bonds is 5. The minimum atomic E-state index is -4.44. The number of Topliss-reactive ketones (excluding diaryl/α,β-unsaturated/α-hetero) is 1. The van der Waals surface area contributed by atoms with Gasteiger partial charge in [-0.05, 0) is 42.8 Å². The van der Waals surface area contributed by atoms with E-state index in [-0.39, 0.29) is 12.3 Å². The van der Waals surface area contributed by atoms with E-state index in [1.165, 1.54) is 31.3 Å². The van der Waals surface area contributed by atoms with Gasteiger partial charge in [-0.2, -0.15) is 13.2 Å². The van der Waals surface area contributed by atoms with Crippen molar-refractivity contribution in [3.8, 4) is 11.3 Å². The van der Waals surface area contributed by atoms with Gasteiger partial charge in [0.05, 0.1) is 11.3 Å². The van der Waals surface area contributed by atoms with Crippen LogP contribution in [0, 0.1) is 0 Å². The molecule has 0 spiro atoms. The summed E-state index contributed by atoms with van der Waals surface area (Å²) in [5.41, 5.74) is 1.63. The molecule has 29 heavy (non-hydrogen) atoms. The highest BCUT2D eigenvalue weighted by molar-refractivity contribution is 5.96. The molecule has 0 saturated heterocycles. The van der Waals surface area contributed by atoms with Crippen LogP contribution in [0.4, 0.5) is 13.2 Å². The zero-order chi connectivity index (χ0) is 21.0. The van der Waals surface area contributed by atoms with Crippen molar-refractivity contribution in [1.29, 1.82) is 0 Å². The summed E-state index contributed by atoms with van der Waals surface area (Å²) >= 11 is 0. The SMILES string of the molecule is CC(=O)c1cccc(-c2cc(C(=O)NCc3cccc(C(F)(F)F)c3)ccn2)c1. The number of carbonyl (C=O) groups is 2. The summed E-state index contributed by atoms with van der Waals surface area (Å²) in [4.78, 5) is 28.2. The standard InChI is InChI=1S/C22H17F3N2O2/c1-14(28)16-5-3-6-17(11-16)20-12-18(8-9-26-20)21(29)27-13-15-4-2-7-19(10-15)22(23,24)25/h2-12H,13H2,1H3,(H,27,29). The van der Waals surface area contributed by atoms with Crippen molar-refractivity contribution in [1.82, 2.24) is 10.3 Å². The molecular weight excluding hydrogens is 381 g/mol. The molecule has 1 aromatic heterocycles. The number of aromatic nitrogens is 1. The molecule has 0 unspecified atom stereocenters. The molecule has 0 saturated carbocycles. The van der Waals surface area contributed by atoms with Crippen LogP contribution in [0.15, 0.2) is 66.9 Å². The summed E-state index contributed by atoms with van der Waals surface area (Å²) in [6, 6.07) is 14.8. The zero-order valence-corrected chi connectivity index (χ0v) is 15.5. The lowest BCUT2D eigenvalue weighted by Gasteiger charge is -2.10. The van der Waals surface area contributed by atoms with Crippen LogP contribution in [0.5, 0.6) is 0 Å². The van der Waals surface area contributed by atoms with Crippen LogP contribution in [-0.4, -0.2) is 16.7 Å². The number of nitrogens with one attached hydrogen (secondary N) is 1. The smallest absolute Gasteiger partial charge is 0.348 e. The summed E-state index contributed by atoms with van der Waals surface area (Å²) in [7, 11) is 0. The van der Waals surface area contributed by atoms with Crippen LogP contribution in [-0.2, 0) is 12.7 Å². The number of benzene rings is 2. The van der Waals surface area contributed by atoms with E-state index < -0.39 is 17.6 Å². The summed E-state index contributed by atoms with van der Waals surface area (Å²) in [5, 5.41) is 2.61. The number of amides is 1. The van der Waals surface area contributed by atoms with Gasteiger partial charge >= 0.3 is 6.18 Å². The molecule has 0 bridgehead atoms. The molecule has 1 heterocycles. The number of alkyl halides is 3. The summed E-state index contributed by atoms with van der Waals surface area (Å²) in [6.07, 6.45) is -2.97. The third-order valence-corrected chi connectivity index (χ3v) is 4.29. The first-order valence-electron chi connectivity index (χ1n) is 8.76. The maximum absolute atomic E-state index is 12.8. The largest absolute Gasteiger partial charge is 0.416 e. The second kappa shape index (κ2) is 8.26. The van der Waals surface area contributed by atoms with Crippen molar-refractivity contribution in [2.45, 2.75) is 19.6 Å². The zero-order valence-electron chi connectivity index (χ0n) is 15.5. The monoisotopic (exact) mass is 398 g/mol. The van der Waals surface area contributed by atoms with Crippen molar-refractivity contribution < 1.29 is 22.8 Å². The summed E-state index contributed by atoms with van der Waals surface area (Å²) in [5.74, 6) is -0.518. The number of carbonyl (C=O) groups excluding carboxylic acids is 2. The first-order chi connectivity index (χ1) is 13.7. The molecule has 4 nitrogen and oxygen atoms in total. The minimum absolute atomic E-state index is 0.0414. The van der Waals surface area contributed by atoms with Crippen LogP contribution in [0.2, 0.25) is 0 Å². The lowest BCUT2D eigenvalue weighted by atomic mass is 10.0. The van der Waals surface area contributed by atoms with Crippen LogP contribution in [0.1, 0.15) is 38.8 Å². The third kappa shape index (κ3) is 5.07. The Bertz CT molecular complexity index is 1060. The fourth-order valence-electron chi connectivity index (χ4n) is 2.77. The van der Waals surface area contributed by atoms with Crippen molar-refractivity contribution in [3.05, 3.63) is 89.1 Å². The number of hydrogen-bond acceptors (Lipinski definition) is 3. The van der Waals surface area contributed by atoms with E-state index in [4.69, 9.17) is 0 Å². The molecule has 1 amide bonds. The first kappa shape index (κ1) is 20.3. The van der Waals surface area contributed by atoms with Gasteiger partial charge in [-0.25, -0.2) is 0 Å². The fourth-order valence-corrected chi connectivity index (χ4v) is 2.77. The Kier molecular flexibility index (Phi) is 5.77. The molecule has 3 rings (SSSR count). The molecule has 0 fully saturated rings. The van der Waals surface area contributed by atoms with Gasteiger partial charge in [-0.3, -0.25) is 14.6 Å². The van der Waals surface area contributed by atoms with Gasteiger partial charge in [0.2, 0.25) is 0 Å². The van der Waals surface area contributed by atoms with Gasteiger partial charge in [-0.15, -0.1) is 0 Å². The van der Waals surface area contributed by atoms with Crippen molar-refractivity contribution in [2.24, 2.45) is 0 Å². The second-order valence-electron chi connectivity index (χ2n) is 6.45. The Labute approximate surface area is 165 Å². The van der Waals surface area contributed by atoms with E-state index in [0.29, 0.717) is 27.9 Å². The van der Waals surface area contributed by atoms with E-state index in [0.717, 1.165) is 12.1 Å². The number of ketones is 1. The minimum Gasteiger partial charge on any atom is -0.348 e. The van der Waals surface area contributed by atoms with Gasteiger partial charge in [0.15, 0.2) is 5.78 Å². The lowest BCUT2D eigenvalue weighted by Crippen LogP contribution is -2.23. The molecule has 3 aromatic rings.